The van der Waals surface area contributed by atoms with Crippen molar-refractivity contribution in [3.8, 4) is 5.88 Å². The maximum atomic E-state index is 13.7. The first-order chi connectivity index (χ1) is 17.6. The topological polar surface area (TPSA) is 102 Å². The molecule has 5 rings (SSSR count). The average Bonchev–Trinajstić information content (AvgIpc) is 3.13. The number of fused-ring (bicyclic) bond motifs is 2. The Labute approximate surface area is 212 Å². The molecule has 1 saturated heterocycles. The van der Waals surface area contributed by atoms with Crippen LogP contribution in [0.1, 0.15) is 63.4 Å². The first kappa shape index (κ1) is 24.6. The number of hydrogen-bond donors (Lipinski definition) is 3. The summed E-state index contributed by atoms with van der Waals surface area (Å²) < 4.78 is 10.8. The van der Waals surface area contributed by atoms with Gasteiger partial charge < -0.3 is 25.4 Å². The van der Waals surface area contributed by atoms with Gasteiger partial charge in [0.2, 0.25) is 17.7 Å². The van der Waals surface area contributed by atoms with Crippen molar-refractivity contribution in [1.82, 2.24) is 4.98 Å². The molecule has 2 aliphatic heterocycles. The molecule has 8 nitrogen and oxygen atoms in total. The van der Waals surface area contributed by atoms with Crippen LogP contribution in [0.5, 0.6) is 5.88 Å². The molecule has 1 aromatic heterocycles. The second-order valence-corrected chi connectivity index (χ2v) is 10.2. The summed E-state index contributed by atoms with van der Waals surface area (Å²) >= 11 is 0. The van der Waals surface area contributed by atoms with Gasteiger partial charge >= 0.3 is 0 Å². The van der Waals surface area contributed by atoms with E-state index in [-0.39, 0.29) is 17.7 Å². The second-order valence-electron chi connectivity index (χ2n) is 10.2. The summed E-state index contributed by atoms with van der Waals surface area (Å²) in [6, 6.07) is 10.9. The van der Waals surface area contributed by atoms with Gasteiger partial charge in [-0.05, 0) is 55.4 Å². The van der Waals surface area contributed by atoms with E-state index >= 15 is 0 Å². The molecule has 1 saturated carbocycles. The van der Waals surface area contributed by atoms with Crippen LogP contribution in [-0.2, 0) is 19.7 Å². The van der Waals surface area contributed by atoms with Crippen LogP contribution < -0.4 is 20.7 Å². The zero-order valence-corrected chi connectivity index (χ0v) is 21.0. The minimum atomic E-state index is -0.517. The molecule has 3 heterocycles. The molecule has 0 bridgehead atoms. The lowest BCUT2D eigenvalue weighted by atomic mass is 9.75. The van der Waals surface area contributed by atoms with Gasteiger partial charge in [-0.25, -0.2) is 0 Å². The van der Waals surface area contributed by atoms with Crippen molar-refractivity contribution in [3.63, 3.8) is 0 Å². The molecule has 2 fully saturated rings. The van der Waals surface area contributed by atoms with Gasteiger partial charge in [0.15, 0.2) is 0 Å². The van der Waals surface area contributed by atoms with Gasteiger partial charge in [0.1, 0.15) is 11.9 Å². The zero-order chi connectivity index (χ0) is 25.0. The summed E-state index contributed by atoms with van der Waals surface area (Å²) in [5.74, 6) is 1.28. The first-order valence-electron chi connectivity index (χ1n) is 13.2. The number of carbonyl (C=O) groups excluding carboxylic acids is 2. The van der Waals surface area contributed by atoms with Gasteiger partial charge in [-0.2, -0.15) is 4.98 Å². The van der Waals surface area contributed by atoms with Crippen molar-refractivity contribution in [1.29, 1.82) is 0 Å². The smallest absolute Gasteiger partial charge is 0.247 e. The van der Waals surface area contributed by atoms with Crippen molar-refractivity contribution < 1.29 is 19.1 Å². The fourth-order valence-corrected chi connectivity index (χ4v) is 5.93. The molecule has 36 heavy (non-hydrogen) atoms. The lowest BCUT2D eigenvalue weighted by Crippen LogP contribution is -2.41. The number of benzene rings is 1. The van der Waals surface area contributed by atoms with E-state index in [0.29, 0.717) is 43.4 Å². The van der Waals surface area contributed by atoms with Crippen molar-refractivity contribution in [2.45, 2.75) is 69.2 Å². The number of anilines is 3. The third kappa shape index (κ3) is 5.05. The molecule has 3 aliphatic rings. The van der Waals surface area contributed by atoms with Crippen molar-refractivity contribution in [2.24, 2.45) is 5.92 Å². The second kappa shape index (κ2) is 10.9. The molecular formula is C28H36N4O4. The highest BCUT2D eigenvalue weighted by Crippen LogP contribution is 2.45. The van der Waals surface area contributed by atoms with Gasteiger partial charge in [-0.15, -0.1) is 0 Å². The van der Waals surface area contributed by atoms with Crippen LogP contribution in [0.15, 0.2) is 36.4 Å². The Balaban J connectivity index is 1.37. The fourth-order valence-electron chi connectivity index (χ4n) is 5.93. The lowest BCUT2D eigenvalue weighted by molar-refractivity contribution is -0.124. The van der Waals surface area contributed by atoms with Crippen LogP contribution >= 0.6 is 0 Å². The average molecular weight is 493 g/mol. The Morgan fingerprint density at radius 1 is 1.11 bits per heavy atom. The Morgan fingerprint density at radius 2 is 1.86 bits per heavy atom. The van der Waals surface area contributed by atoms with Gasteiger partial charge in [0.25, 0.3) is 0 Å². The van der Waals surface area contributed by atoms with Crippen LogP contribution in [0.4, 0.5) is 17.2 Å². The largest absolute Gasteiger partial charge is 0.481 e. The normalized spacial score (nSPS) is 20.5. The third-order valence-electron chi connectivity index (χ3n) is 7.97. The van der Waals surface area contributed by atoms with E-state index < -0.39 is 11.5 Å². The fraction of sp³-hybridized carbons (Fsp3) is 0.536. The van der Waals surface area contributed by atoms with Gasteiger partial charge in [0.05, 0.1) is 12.5 Å². The van der Waals surface area contributed by atoms with E-state index in [1.54, 1.807) is 13.2 Å². The van der Waals surface area contributed by atoms with E-state index in [1.165, 1.54) is 19.3 Å². The molecule has 192 valence electrons. The summed E-state index contributed by atoms with van der Waals surface area (Å²) in [6.07, 6.45) is 9.29. The summed E-state index contributed by atoms with van der Waals surface area (Å²) in [5.41, 5.74) is 1.95. The van der Waals surface area contributed by atoms with Crippen LogP contribution in [0, 0.1) is 5.92 Å². The number of nitrogens with one attached hydrogen (secondary N) is 3. The maximum absolute atomic E-state index is 13.7. The van der Waals surface area contributed by atoms with Crippen LogP contribution in [-0.4, -0.2) is 43.2 Å². The number of hydrogen-bond acceptors (Lipinski definition) is 6. The molecular weight excluding hydrogens is 456 g/mol. The van der Waals surface area contributed by atoms with E-state index in [0.717, 1.165) is 36.9 Å². The van der Waals surface area contributed by atoms with Crippen LogP contribution in [0.2, 0.25) is 0 Å². The number of pyridine rings is 1. The zero-order valence-electron chi connectivity index (χ0n) is 21.0. The molecule has 3 N–H and O–H groups in total. The maximum Gasteiger partial charge on any atom is 0.247 e. The molecule has 2 amide bonds. The summed E-state index contributed by atoms with van der Waals surface area (Å²) in [5, 5.41) is 9.58. The first-order valence-corrected chi connectivity index (χ1v) is 13.2. The Hall–Kier alpha value is -3.13. The molecule has 0 radical (unpaired) electrons. The van der Waals surface area contributed by atoms with Gasteiger partial charge in [-0.1, -0.05) is 44.2 Å². The molecule has 1 atom stereocenters. The highest BCUT2D eigenvalue weighted by molar-refractivity contribution is 6.07. The SMILES string of the molecule is COc1cccc(NC(C(=O)Nc2ccc3c(c2)NC(=O)C32CCOCC2)C2CCCCCCC2)n1. The van der Waals surface area contributed by atoms with E-state index in [2.05, 4.69) is 20.9 Å². The molecule has 1 unspecified atom stereocenters. The number of carbonyl (C=O) groups is 2. The molecule has 1 aromatic carbocycles. The van der Waals surface area contributed by atoms with E-state index in [4.69, 9.17) is 9.47 Å². The number of amides is 2. The third-order valence-corrected chi connectivity index (χ3v) is 7.97. The van der Waals surface area contributed by atoms with Gasteiger partial charge in [-0.3, -0.25) is 9.59 Å². The predicted octanol–water partition coefficient (Wildman–Crippen LogP) is 4.87. The quantitative estimate of drug-likeness (QED) is 0.532. The highest BCUT2D eigenvalue weighted by Gasteiger charge is 2.47. The minimum absolute atomic E-state index is 0.0300. The van der Waals surface area contributed by atoms with Crippen molar-refractivity contribution in [3.05, 3.63) is 42.0 Å². The Morgan fingerprint density at radius 3 is 2.61 bits per heavy atom. The summed E-state index contributed by atoms with van der Waals surface area (Å²) in [7, 11) is 1.59. The van der Waals surface area contributed by atoms with Crippen molar-refractivity contribution in [2.75, 3.05) is 36.3 Å². The minimum Gasteiger partial charge on any atom is -0.481 e. The van der Waals surface area contributed by atoms with Gasteiger partial charge in [0, 0.05) is 30.7 Å². The molecule has 2 aromatic rings. The van der Waals surface area contributed by atoms with E-state index in [1.807, 2.05) is 30.3 Å². The number of aromatic nitrogens is 1. The summed E-state index contributed by atoms with van der Waals surface area (Å²) in [4.78, 5) is 31.1. The molecule has 8 heteroatoms. The Kier molecular flexibility index (Phi) is 7.41. The number of nitrogens with zero attached hydrogens (tertiary/aromatic N) is 1. The predicted molar refractivity (Wildman–Crippen MR) is 139 cm³/mol. The molecule has 1 aliphatic carbocycles. The standard InChI is InChI=1S/C28H36N4O4/c1-35-24-11-7-10-23(31-24)32-25(19-8-5-3-2-4-6-9-19)26(33)29-20-12-13-21-22(18-20)30-27(34)28(21)14-16-36-17-15-28/h7,10-13,18-19,25H,2-6,8-9,14-17H2,1H3,(H,29,33)(H,30,34)(H,31,32). The summed E-state index contributed by atoms with van der Waals surface area (Å²) in [6.45, 7) is 1.16. The number of rotatable bonds is 6. The monoisotopic (exact) mass is 492 g/mol. The number of ether oxygens (including phenoxy) is 2. The molecule has 1 spiro atoms. The van der Waals surface area contributed by atoms with Crippen LogP contribution in [0.25, 0.3) is 0 Å². The van der Waals surface area contributed by atoms with Crippen molar-refractivity contribution >= 4 is 29.0 Å². The Bertz CT molecular complexity index is 1090. The van der Waals surface area contributed by atoms with E-state index in [9.17, 15) is 9.59 Å². The van der Waals surface area contributed by atoms with Crippen LogP contribution in [0.3, 0.4) is 0 Å². The number of methoxy groups -OCH3 is 1. The highest BCUT2D eigenvalue weighted by atomic mass is 16.5. The lowest BCUT2D eigenvalue weighted by Gasteiger charge is -2.31.